The molecule has 2 rings (SSSR count). The molecular formula is C13H9FN2O3. The number of amides is 1. The van der Waals surface area contributed by atoms with E-state index in [1.54, 1.807) is 0 Å². The predicted molar refractivity (Wildman–Crippen MR) is 64.1 cm³/mol. The van der Waals surface area contributed by atoms with Gasteiger partial charge in [0.1, 0.15) is 5.82 Å². The number of benzene rings is 1. The highest BCUT2D eigenvalue weighted by Gasteiger charge is 2.15. The summed E-state index contributed by atoms with van der Waals surface area (Å²) in [4.78, 5) is 26.6. The van der Waals surface area contributed by atoms with Crippen LogP contribution in [0.1, 0.15) is 20.8 Å². The van der Waals surface area contributed by atoms with Crippen molar-refractivity contribution in [3.63, 3.8) is 0 Å². The normalized spacial score (nSPS) is 9.95. The number of nitrogens with zero attached hydrogens (tertiary/aromatic N) is 1. The highest BCUT2D eigenvalue weighted by Crippen LogP contribution is 2.16. The van der Waals surface area contributed by atoms with Gasteiger partial charge in [-0.1, -0.05) is 0 Å². The summed E-state index contributed by atoms with van der Waals surface area (Å²) >= 11 is 0. The summed E-state index contributed by atoms with van der Waals surface area (Å²) < 4.78 is 17.7. The van der Waals surface area contributed by atoms with Crippen molar-refractivity contribution in [3.05, 3.63) is 59.7 Å². The second kappa shape index (κ2) is 5.26. The number of ether oxygens (including phenoxy) is 1. The zero-order valence-corrected chi connectivity index (χ0v) is 9.67. The number of hydrogen-bond donors (Lipinski definition) is 1. The summed E-state index contributed by atoms with van der Waals surface area (Å²) in [7, 11) is 0. The molecule has 0 saturated carbocycles. The molecule has 1 heterocycles. The largest absolute Gasteiger partial charge is 0.420 e. The van der Waals surface area contributed by atoms with Crippen molar-refractivity contribution in [3.8, 4) is 5.75 Å². The third kappa shape index (κ3) is 2.92. The van der Waals surface area contributed by atoms with Gasteiger partial charge in [-0.15, -0.1) is 0 Å². The van der Waals surface area contributed by atoms with Crippen LogP contribution in [-0.2, 0) is 0 Å². The van der Waals surface area contributed by atoms with E-state index in [1.807, 2.05) is 0 Å². The van der Waals surface area contributed by atoms with Crippen molar-refractivity contribution in [2.24, 2.45) is 5.73 Å². The maximum Gasteiger partial charge on any atom is 0.343 e. The Morgan fingerprint density at radius 1 is 1.16 bits per heavy atom. The first-order chi connectivity index (χ1) is 9.08. The van der Waals surface area contributed by atoms with Crippen molar-refractivity contribution >= 4 is 11.9 Å². The Hall–Kier alpha value is -2.76. The molecule has 1 amide bonds. The minimum atomic E-state index is -0.803. The van der Waals surface area contributed by atoms with E-state index >= 15 is 0 Å². The quantitative estimate of drug-likeness (QED) is 0.848. The number of carbonyl (C=O) groups is 2. The van der Waals surface area contributed by atoms with Crippen LogP contribution >= 0.6 is 0 Å². The van der Waals surface area contributed by atoms with Gasteiger partial charge in [0.2, 0.25) is 0 Å². The van der Waals surface area contributed by atoms with E-state index in [0.29, 0.717) is 0 Å². The first kappa shape index (κ1) is 12.7. The van der Waals surface area contributed by atoms with Crippen molar-refractivity contribution in [2.45, 2.75) is 0 Å². The number of halogens is 1. The fourth-order valence-corrected chi connectivity index (χ4v) is 1.40. The molecule has 2 N–H and O–H groups in total. The summed E-state index contributed by atoms with van der Waals surface area (Å²) in [5, 5.41) is 0. The first-order valence-corrected chi connectivity index (χ1v) is 5.30. The van der Waals surface area contributed by atoms with Crippen LogP contribution in [0.5, 0.6) is 5.75 Å². The minimum Gasteiger partial charge on any atom is -0.420 e. The van der Waals surface area contributed by atoms with E-state index in [-0.39, 0.29) is 17.0 Å². The minimum absolute atomic E-state index is 0.0377. The highest BCUT2D eigenvalue weighted by atomic mass is 19.1. The fourth-order valence-electron chi connectivity index (χ4n) is 1.40. The number of esters is 1. The van der Waals surface area contributed by atoms with Crippen LogP contribution in [0.4, 0.5) is 4.39 Å². The summed E-state index contributed by atoms with van der Waals surface area (Å²) in [5.41, 5.74) is 5.12. The van der Waals surface area contributed by atoms with Crippen LogP contribution in [0.2, 0.25) is 0 Å². The smallest absolute Gasteiger partial charge is 0.343 e. The molecule has 0 atom stereocenters. The SMILES string of the molecule is NC(=O)c1ncccc1OC(=O)c1ccc(F)cc1. The molecule has 2 aromatic rings. The molecule has 96 valence electrons. The predicted octanol–water partition coefficient (Wildman–Crippen LogP) is 1.54. The molecule has 6 heteroatoms. The summed E-state index contributed by atoms with van der Waals surface area (Å²) in [5.74, 6) is -2.03. The lowest BCUT2D eigenvalue weighted by atomic mass is 10.2. The van der Waals surface area contributed by atoms with E-state index in [4.69, 9.17) is 10.5 Å². The molecule has 0 aliphatic rings. The Kier molecular flexibility index (Phi) is 3.51. The Morgan fingerprint density at radius 3 is 2.47 bits per heavy atom. The molecule has 0 aliphatic heterocycles. The lowest BCUT2D eigenvalue weighted by molar-refractivity contribution is 0.0731. The Balaban J connectivity index is 2.24. The van der Waals surface area contributed by atoms with Crippen molar-refractivity contribution in [1.29, 1.82) is 0 Å². The van der Waals surface area contributed by atoms with Crippen molar-refractivity contribution in [2.75, 3.05) is 0 Å². The number of rotatable bonds is 3. The van der Waals surface area contributed by atoms with Crippen LogP contribution < -0.4 is 10.5 Å². The van der Waals surface area contributed by atoms with E-state index in [2.05, 4.69) is 4.98 Å². The molecule has 5 nitrogen and oxygen atoms in total. The van der Waals surface area contributed by atoms with Gasteiger partial charge < -0.3 is 10.5 Å². The first-order valence-electron chi connectivity index (χ1n) is 5.30. The number of nitrogens with two attached hydrogens (primary N) is 1. The Labute approximate surface area is 107 Å². The second-order valence-corrected chi connectivity index (χ2v) is 3.61. The lowest BCUT2D eigenvalue weighted by Crippen LogP contribution is -2.17. The van der Waals surface area contributed by atoms with Crippen LogP contribution in [0.25, 0.3) is 0 Å². The van der Waals surface area contributed by atoms with Crippen LogP contribution in [0.3, 0.4) is 0 Å². The van der Waals surface area contributed by atoms with E-state index in [9.17, 15) is 14.0 Å². The van der Waals surface area contributed by atoms with Gasteiger partial charge >= 0.3 is 5.97 Å². The molecule has 0 radical (unpaired) electrons. The summed E-state index contributed by atoms with van der Waals surface area (Å²) in [6, 6.07) is 7.72. The van der Waals surface area contributed by atoms with Crippen LogP contribution in [0, 0.1) is 5.82 Å². The lowest BCUT2D eigenvalue weighted by Gasteiger charge is -2.06. The van der Waals surface area contributed by atoms with E-state index < -0.39 is 17.7 Å². The fraction of sp³-hybridized carbons (Fsp3) is 0. The van der Waals surface area contributed by atoms with Gasteiger partial charge in [-0.2, -0.15) is 0 Å². The molecule has 19 heavy (non-hydrogen) atoms. The third-order valence-corrected chi connectivity index (χ3v) is 2.29. The van der Waals surface area contributed by atoms with Crippen LogP contribution in [-0.4, -0.2) is 16.9 Å². The maximum atomic E-state index is 12.7. The monoisotopic (exact) mass is 260 g/mol. The molecule has 0 fully saturated rings. The van der Waals surface area contributed by atoms with Crippen LogP contribution in [0.15, 0.2) is 42.6 Å². The van der Waals surface area contributed by atoms with Gasteiger partial charge in [-0.3, -0.25) is 4.79 Å². The standard InChI is InChI=1S/C13H9FN2O3/c14-9-5-3-8(4-6-9)13(18)19-10-2-1-7-16-11(10)12(15)17/h1-7H,(H2,15,17). The molecule has 1 aromatic heterocycles. The number of pyridine rings is 1. The average Bonchev–Trinajstić information content (AvgIpc) is 2.39. The average molecular weight is 260 g/mol. The topological polar surface area (TPSA) is 82.3 Å². The van der Waals surface area contributed by atoms with Gasteiger partial charge in [0.05, 0.1) is 5.56 Å². The molecule has 1 aromatic carbocycles. The van der Waals surface area contributed by atoms with Crippen molar-refractivity contribution < 1.29 is 18.7 Å². The molecule has 0 spiro atoms. The molecule has 0 bridgehead atoms. The Morgan fingerprint density at radius 2 is 1.84 bits per heavy atom. The molecular weight excluding hydrogens is 251 g/mol. The second-order valence-electron chi connectivity index (χ2n) is 3.61. The van der Waals surface area contributed by atoms with Gasteiger partial charge in [0.15, 0.2) is 11.4 Å². The van der Waals surface area contributed by atoms with E-state index in [0.717, 1.165) is 12.1 Å². The number of aromatic nitrogens is 1. The Bertz CT molecular complexity index is 626. The zero-order valence-electron chi connectivity index (χ0n) is 9.67. The third-order valence-electron chi connectivity index (χ3n) is 2.29. The molecule has 0 aliphatic carbocycles. The summed E-state index contributed by atoms with van der Waals surface area (Å²) in [6.07, 6.45) is 1.36. The highest BCUT2D eigenvalue weighted by molar-refractivity contribution is 5.96. The zero-order chi connectivity index (χ0) is 13.8. The number of hydrogen-bond acceptors (Lipinski definition) is 4. The van der Waals surface area contributed by atoms with E-state index in [1.165, 1.54) is 30.5 Å². The molecule has 0 saturated heterocycles. The van der Waals surface area contributed by atoms with Gasteiger partial charge in [0.25, 0.3) is 5.91 Å². The maximum absolute atomic E-state index is 12.7. The van der Waals surface area contributed by atoms with Gasteiger partial charge in [-0.05, 0) is 36.4 Å². The molecule has 0 unspecified atom stereocenters. The van der Waals surface area contributed by atoms with Crippen molar-refractivity contribution in [1.82, 2.24) is 4.98 Å². The van der Waals surface area contributed by atoms with Gasteiger partial charge in [-0.25, -0.2) is 14.2 Å². The number of carbonyl (C=O) groups excluding carboxylic acids is 2. The summed E-state index contributed by atoms with van der Waals surface area (Å²) in [6.45, 7) is 0. The number of primary amides is 1. The van der Waals surface area contributed by atoms with Gasteiger partial charge in [0, 0.05) is 6.20 Å².